The number of rotatable bonds is 7. The van der Waals surface area contributed by atoms with Crippen LogP contribution in [0.3, 0.4) is 0 Å². The predicted molar refractivity (Wildman–Crippen MR) is 253 cm³/mol. The van der Waals surface area contributed by atoms with Crippen LogP contribution in [0.1, 0.15) is 52.7 Å². The Morgan fingerprint density at radius 1 is 0.571 bits per heavy atom. The second kappa shape index (κ2) is 15.3. The second-order valence-corrected chi connectivity index (χ2v) is 18.2. The van der Waals surface area contributed by atoms with Gasteiger partial charge in [0.2, 0.25) is 0 Å². The van der Waals surface area contributed by atoms with Crippen LogP contribution in [0, 0.1) is 18.8 Å². The van der Waals surface area contributed by atoms with Crippen LogP contribution in [0.4, 0.5) is 22.7 Å². The van der Waals surface area contributed by atoms with Crippen LogP contribution >= 0.6 is 0 Å². The van der Waals surface area contributed by atoms with Crippen molar-refractivity contribution in [3.05, 3.63) is 188 Å². The molecule has 63 heavy (non-hydrogen) atoms. The number of pyridine rings is 1. The van der Waals surface area contributed by atoms with Crippen molar-refractivity contribution < 1.29 is 30.2 Å². The van der Waals surface area contributed by atoms with E-state index in [9.17, 15) is 0 Å². The molecule has 1 aliphatic rings. The van der Waals surface area contributed by atoms with Gasteiger partial charge in [0.15, 0.2) is 0 Å². The third-order valence-corrected chi connectivity index (χ3v) is 12.0. The number of fused-ring (bicyclic) bond motifs is 1. The molecule has 6 nitrogen and oxygen atoms in total. The van der Waals surface area contributed by atoms with Gasteiger partial charge in [-0.15, -0.1) is 36.6 Å². The Morgan fingerprint density at radius 3 is 1.94 bits per heavy atom. The van der Waals surface area contributed by atoms with Crippen LogP contribution in [-0.2, 0) is 31.9 Å². The maximum absolute atomic E-state index is 6.73. The summed E-state index contributed by atoms with van der Waals surface area (Å²) in [5.74, 6) is 1.92. The molecule has 0 amide bonds. The summed E-state index contributed by atoms with van der Waals surface area (Å²) in [6.07, 6.45) is 1.89. The summed E-state index contributed by atoms with van der Waals surface area (Å²) in [6.45, 7) is 15.6. The van der Waals surface area contributed by atoms with E-state index in [1.807, 2.05) is 36.5 Å². The smallest absolute Gasteiger partial charge is 0.135 e. The Morgan fingerprint density at radius 2 is 1.24 bits per heavy atom. The van der Waals surface area contributed by atoms with Crippen LogP contribution < -0.4 is 14.5 Å². The standard InChI is InChI=1S/C56H45N4O2.Pt/c1-55(2,3)38-26-27-45-47(30-38)58(35-59(45)54-43(36-16-9-7-10-17-36)22-14-23-44(54)37-18-11-8-12-19-37)40-20-13-21-41(32-40)61-42-33-48-53-50(34-42)62-49-25-15-24-46(52(49)53)60(48)51-31-39(28-29-57-51)56(4,5)6;/h7-31,34-35H,1-6H3;/q-3;. The molecule has 1 aliphatic heterocycles. The maximum atomic E-state index is 6.73. The summed E-state index contributed by atoms with van der Waals surface area (Å²) >= 11 is 0. The molecule has 0 atom stereocenters. The minimum Gasteiger partial charge on any atom is -0.509 e. The van der Waals surface area contributed by atoms with Gasteiger partial charge >= 0.3 is 0 Å². The number of nitrogens with zero attached hydrogens (tertiary/aromatic N) is 4. The van der Waals surface area contributed by atoms with Gasteiger partial charge in [0.1, 0.15) is 11.4 Å². The molecule has 10 aromatic rings. The first-order valence-electron chi connectivity index (χ1n) is 21.2. The van der Waals surface area contributed by atoms with Crippen LogP contribution in [0.15, 0.2) is 162 Å². The van der Waals surface area contributed by atoms with Gasteiger partial charge in [-0.1, -0.05) is 150 Å². The van der Waals surface area contributed by atoms with Crippen LogP contribution in [-0.4, -0.2) is 9.55 Å². The monoisotopic (exact) mass is 1000 g/mol. The fraction of sp³-hybridized carbons (Fsp3) is 0.143. The van der Waals surface area contributed by atoms with E-state index in [1.165, 1.54) is 11.1 Å². The fourth-order valence-electron chi connectivity index (χ4n) is 8.85. The maximum Gasteiger partial charge on any atom is 0.135 e. The number of furan rings is 1. The van der Waals surface area contributed by atoms with Gasteiger partial charge < -0.3 is 23.5 Å². The molecule has 4 heterocycles. The number of para-hydroxylation sites is 1. The summed E-state index contributed by atoms with van der Waals surface area (Å²) in [7, 11) is 0. The molecular formula is C56H45N4O2Pt-3. The molecule has 0 bridgehead atoms. The third-order valence-electron chi connectivity index (χ3n) is 12.0. The minimum atomic E-state index is -0.0653. The zero-order chi connectivity index (χ0) is 42.3. The Bertz CT molecular complexity index is 3230. The topological polar surface area (TPSA) is 46.7 Å². The van der Waals surface area contributed by atoms with Gasteiger partial charge in [-0.2, -0.15) is 6.07 Å². The van der Waals surface area contributed by atoms with E-state index in [4.69, 9.17) is 14.1 Å². The van der Waals surface area contributed by atoms with Gasteiger partial charge in [0, 0.05) is 78.0 Å². The first kappa shape index (κ1) is 40.5. The summed E-state index contributed by atoms with van der Waals surface area (Å²) in [5, 5.41) is 2.07. The first-order chi connectivity index (χ1) is 30.0. The predicted octanol–water partition coefficient (Wildman–Crippen LogP) is 15.1. The van der Waals surface area contributed by atoms with Crippen LogP contribution in [0.25, 0.3) is 61.0 Å². The first-order valence-corrected chi connectivity index (χ1v) is 21.2. The summed E-state index contributed by atoms with van der Waals surface area (Å²) in [6, 6.07) is 60.4. The Kier molecular flexibility index (Phi) is 9.84. The minimum absolute atomic E-state index is 0. The average molecular weight is 1000 g/mol. The molecule has 0 N–H and O–H groups in total. The second-order valence-electron chi connectivity index (χ2n) is 18.2. The van der Waals surface area contributed by atoms with E-state index in [1.54, 1.807) is 0 Å². The van der Waals surface area contributed by atoms with Crippen LogP contribution in [0.5, 0.6) is 11.5 Å². The van der Waals surface area contributed by atoms with Gasteiger partial charge in [0.25, 0.3) is 0 Å². The number of aromatic nitrogens is 2. The van der Waals surface area contributed by atoms with Crippen molar-refractivity contribution in [2.45, 2.75) is 52.4 Å². The number of anilines is 4. The molecule has 314 valence electrons. The quantitative estimate of drug-likeness (QED) is 0.149. The molecule has 0 saturated carbocycles. The number of ether oxygens (including phenoxy) is 1. The molecule has 0 radical (unpaired) electrons. The van der Waals surface area contributed by atoms with E-state index < -0.39 is 0 Å². The van der Waals surface area contributed by atoms with Crippen molar-refractivity contribution in [2.24, 2.45) is 0 Å². The summed E-state index contributed by atoms with van der Waals surface area (Å²) in [5.41, 5.74) is 14.4. The molecule has 7 aromatic carbocycles. The molecule has 0 spiro atoms. The van der Waals surface area contributed by atoms with E-state index in [0.29, 0.717) is 11.5 Å². The Hall–Kier alpha value is -6.62. The zero-order valence-electron chi connectivity index (χ0n) is 36.0. The van der Waals surface area contributed by atoms with Crippen molar-refractivity contribution in [3.8, 4) is 39.6 Å². The van der Waals surface area contributed by atoms with Crippen molar-refractivity contribution >= 4 is 55.7 Å². The van der Waals surface area contributed by atoms with Gasteiger partial charge in [0.05, 0.1) is 0 Å². The van der Waals surface area contributed by atoms with Gasteiger partial charge in [-0.05, 0) is 74.9 Å². The third kappa shape index (κ3) is 6.98. The van der Waals surface area contributed by atoms with Crippen molar-refractivity contribution in [1.82, 2.24) is 9.55 Å². The molecule has 7 heteroatoms. The number of benzene rings is 7. The summed E-state index contributed by atoms with van der Waals surface area (Å²) < 4.78 is 15.4. The molecule has 0 unspecified atom stereocenters. The van der Waals surface area contributed by atoms with Gasteiger partial charge in [-0.25, -0.2) is 4.98 Å². The molecule has 0 saturated heterocycles. The zero-order valence-corrected chi connectivity index (χ0v) is 38.3. The Balaban J connectivity index is 0.00000471. The van der Waals surface area contributed by atoms with Crippen molar-refractivity contribution in [2.75, 3.05) is 9.80 Å². The van der Waals surface area contributed by atoms with Crippen LogP contribution in [0.2, 0.25) is 0 Å². The largest absolute Gasteiger partial charge is 0.509 e. The fourth-order valence-corrected chi connectivity index (χ4v) is 8.85. The SMILES string of the molecule is CC(C)(C)c1ccnc(-n2c3[c-]c(Oc4[c-]c(N5[CH-]N(c6c(-c7ccccc7)cccc6-c6ccccc6)c6ccc(C(C)(C)C)cc65)ccc4)cc4oc5cccc2c5c43)c1.[Pt]. The van der Waals surface area contributed by atoms with E-state index in [-0.39, 0.29) is 31.9 Å². The number of hydrogen-bond donors (Lipinski definition) is 0. The molecule has 0 fully saturated rings. The average Bonchev–Trinajstić information content (AvgIpc) is 3.96. The number of hydrogen-bond acceptors (Lipinski definition) is 5. The molecule has 0 aliphatic carbocycles. The molecule has 11 rings (SSSR count). The Labute approximate surface area is 383 Å². The van der Waals surface area contributed by atoms with E-state index in [2.05, 4.69) is 196 Å². The van der Waals surface area contributed by atoms with Crippen molar-refractivity contribution in [3.63, 3.8) is 0 Å². The molecular weight excluding hydrogens is 956 g/mol. The van der Waals surface area contributed by atoms with Crippen molar-refractivity contribution in [1.29, 1.82) is 0 Å². The van der Waals surface area contributed by atoms with E-state index >= 15 is 0 Å². The summed E-state index contributed by atoms with van der Waals surface area (Å²) in [4.78, 5) is 9.44. The van der Waals surface area contributed by atoms with E-state index in [0.717, 1.165) is 83.8 Å². The normalized spacial score (nSPS) is 13.0. The molecule has 3 aromatic heterocycles. The van der Waals surface area contributed by atoms with Gasteiger partial charge in [-0.3, -0.25) is 0 Å².